The molecule has 0 spiro atoms. The third kappa shape index (κ3) is 2.44. The van der Waals surface area contributed by atoms with E-state index in [1.54, 1.807) is 24.3 Å². The standard InChI is InChI=1S/C15H11BrN2O2/c16-11-4-5-13-14(7-11)17-9-18(15(13)20)8-10-2-1-3-12(19)6-10/h1-7,9,19H,8H2. The van der Waals surface area contributed by atoms with Crippen molar-refractivity contribution in [3.8, 4) is 5.75 Å². The van der Waals surface area contributed by atoms with Gasteiger partial charge in [0, 0.05) is 4.47 Å². The van der Waals surface area contributed by atoms with Gasteiger partial charge in [-0.25, -0.2) is 4.98 Å². The predicted octanol–water partition coefficient (Wildman–Crippen LogP) is 2.91. The van der Waals surface area contributed by atoms with Crippen molar-refractivity contribution in [2.75, 3.05) is 0 Å². The van der Waals surface area contributed by atoms with E-state index in [0.717, 1.165) is 10.0 Å². The van der Waals surface area contributed by atoms with Gasteiger partial charge < -0.3 is 5.11 Å². The van der Waals surface area contributed by atoms with Gasteiger partial charge in [0.25, 0.3) is 5.56 Å². The van der Waals surface area contributed by atoms with Crippen LogP contribution in [0.4, 0.5) is 0 Å². The number of halogens is 1. The maximum absolute atomic E-state index is 12.4. The number of aromatic hydroxyl groups is 1. The Morgan fingerprint density at radius 2 is 2.05 bits per heavy atom. The van der Waals surface area contributed by atoms with E-state index in [4.69, 9.17) is 0 Å². The average molecular weight is 331 g/mol. The Morgan fingerprint density at radius 1 is 1.20 bits per heavy atom. The molecule has 4 nitrogen and oxygen atoms in total. The first-order valence-corrected chi connectivity index (χ1v) is 6.85. The third-order valence-electron chi connectivity index (χ3n) is 3.05. The van der Waals surface area contributed by atoms with Crippen LogP contribution in [0.2, 0.25) is 0 Å². The van der Waals surface area contributed by atoms with Crippen LogP contribution in [0, 0.1) is 0 Å². The van der Waals surface area contributed by atoms with Gasteiger partial charge in [-0.2, -0.15) is 0 Å². The highest BCUT2D eigenvalue weighted by Gasteiger charge is 2.05. The van der Waals surface area contributed by atoms with Gasteiger partial charge in [0.1, 0.15) is 5.75 Å². The van der Waals surface area contributed by atoms with Crippen molar-refractivity contribution < 1.29 is 5.11 Å². The zero-order chi connectivity index (χ0) is 14.1. The topological polar surface area (TPSA) is 55.1 Å². The number of phenolic OH excluding ortho intramolecular Hbond substituents is 1. The fraction of sp³-hybridized carbons (Fsp3) is 0.0667. The molecule has 1 N–H and O–H groups in total. The summed E-state index contributed by atoms with van der Waals surface area (Å²) in [4.78, 5) is 16.7. The lowest BCUT2D eigenvalue weighted by Crippen LogP contribution is -2.21. The number of phenols is 1. The smallest absolute Gasteiger partial charge is 0.261 e. The van der Waals surface area contributed by atoms with E-state index in [1.807, 2.05) is 18.2 Å². The SMILES string of the molecule is O=c1c2ccc(Br)cc2ncn1Cc1cccc(O)c1. The van der Waals surface area contributed by atoms with Crippen molar-refractivity contribution in [3.63, 3.8) is 0 Å². The molecule has 100 valence electrons. The molecule has 0 atom stereocenters. The number of hydrogen-bond donors (Lipinski definition) is 1. The summed E-state index contributed by atoms with van der Waals surface area (Å²) in [5, 5.41) is 10.0. The van der Waals surface area contributed by atoms with Crippen LogP contribution in [-0.2, 0) is 6.54 Å². The second kappa shape index (κ2) is 5.09. The highest BCUT2D eigenvalue weighted by atomic mass is 79.9. The highest BCUT2D eigenvalue weighted by Crippen LogP contribution is 2.16. The van der Waals surface area contributed by atoms with Gasteiger partial charge in [-0.05, 0) is 35.9 Å². The molecule has 0 aliphatic carbocycles. The predicted molar refractivity (Wildman–Crippen MR) is 80.9 cm³/mol. The normalized spacial score (nSPS) is 10.8. The molecule has 0 unspecified atom stereocenters. The van der Waals surface area contributed by atoms with Crippen LogP contribution in [0.15, 0.2) is 58.1 Å². The Bertz CT molecular complexity index is 843. The molecule has 0 aliphatic heterocycles. The van der Waals surface area contributed by atoms with Crippen LogP contribution in [-0.4, -0.2) is 14.7 Å². The quantitative estimate of drug-likeness (QED) is 0.786. The molecule has 0 aliphatic rings. The number of benzene rings is 2. The first-order chi connectivity index (χ1) is 9.63. The Kier molecular flexibility index (Phi) is 3.28. The molecule has 2 aromatic carbocycles. The third-order valence-corrected chi connectivity index (χ3v) is 3.54. The van der Waals surface area contributed by atoms with Crippen LogP contribution >= 0.6 is 15.9 Å². The summed E-state index contributed by atoms with van der Waals surface area (Å²) in [5.41, 5.74) is 1.42. The van der Waals surface area contributed by atoms with Crippen LogP contribution in [0.1, 0.15) is 5.56 Å². The Balaban J connectivity index is 2.07. The van der Waals surface area contributed by atoms with Crippen LogP contribution in [0.3, 0.4) is 0 Å². The number of rotatable bonds is 2. The van der Waals surface area contributed by atoms with Crippen LogP contribution in [0.5, 0.6) is 5.75 Å². The Hall–Kier alpha value is -2.14. The highest BCUT2D eigenvalue weighted by molar-refractivity contribution is 9.10. The molecule has 20 heavy (non-hydrogen) atoms. The lowest BCUT2D eigenvalue weighted by molar-refractivity contribution is 0.474. The van der Waals surface area contributed by atoms with Gasteiger partial charge in [0.05, 0.1) is 23.8 Å². The summed E-state index contributed by atoms with van der Waals surface area (Å²) >= 11 is 3.36. The van der Waals surface area contributed by atoms with Crippen molar-refractivity contribution in [1.82, 2.24) is 9.55 Å². The van der Waals surface area contributed by atoms with Gasteiger partial charge in [-0.3, -0.25) is 9.36 Å². The average Bonchev–Trinajstić information content (AvgIpc) is 2.42. The summed E-state index contributed by atoms with van der Waals surface area (Å²) in [5.74, 6) is 0.188. The summed E-state index contributed by atoms with van der Waals surface area (Å²) in [6.45, 7) is 0.381. The lowest BCUT2D eigenvalue weighted by Gasteiger charge is -2.07. The molecule has 0 saturated carbocycles. The monoisotopic (exact) mass is 330 g/mol. The number of fused-ring (bicyclic) bond motifs is 1. The van der Waals surface area contributed by atoms with Gasteiger partial charge in [-0.15, -0.1) is 0 Å². The molecule has 1 heterocycles. The van der Waals surface area contributed by atoms with E-state index in [9.17, 15) is 9.90 Å². The minimum absolute atomic E-state index is 0.0918. The molecule has 0 radical (unpaired) electrons. The Morgan fingerprint density at radius 3 is 2.85 bits per heavy atom. The zero-order valence-corrected chi connectivity index (χ0v) is 12.0. The van der Waals surface area contributed by atoms with E-state index < -0.39 is 0 Å². The van der Waals surface area contributed by atoms with Crippen LogP contribution < -0.4 is 5.56 Å². The van der Waals surface area contributed by atoms with E-state index >= 15 is 0 Å². The van der Waals surface area contributed by atoms with E-state index in [1.165, 1.54) is 10.9 Å². The molecule has 0 fully saturated rings. The van der Waals surface area contributed by atoms with E-state index in [-0.39, 0.29) is 11.3 Å². The lowest BCUT2D eigenvalue weighted by atomic mass is 10.2. The van der Waals surface area contributed by atoms with Crippen molar-refractivity contribution >= 4 is 26.8 Å². The summed E-state index contributed by atoms with van der Waals surface area (Å²) in [6, 6.07) is 12.2. The first-order valence-electron chi connectivity index (χ1n) is 6.06. The largest absolute Gasteiger partial charge is 0.508 e. The summed E-state index contributed by atoms with van der Waals surface area (Å²) in [7, 11) is 0. The molecular formula is C15H11BrN2O2. The minimum atomic E-state index is -0.0918. The maximum atomic E-state index is 12.4. The molecule has 0 bridgehead atoms. The molecule has 3 aromatic rings. The molecule has 0 amide bonds. The number of aromatic nitrogens is 2. The zero-order valence-electron chi connectivity index (χ0n) is 10.5. The Labute approximate surface area is 123 Å². The molecular weight excluding hydrogens is 320 g/mol. The second-order valence-electron chi connectivity index (χ2n) is 4.51. The molecule has 3 rings (SSSR count). The fourth-order valence-corrected chi connectivity index (χ4v) is 2.44. The first kappa shape index (κ1) is 12.9. The fourth-order valence-electron chi connectivity index (χ4n) is 2.10. The van der Waals surface area contributed by atoms with E-state index in [0.29, 0.717) is 17.4 Å². The maximum Gasteiger partial charge on any atom is 0.261 e. The van der Waals surface area contributed by atoms with Crippen LogP contribution in [0.25, 0.3) is 10.9 Å². The summed E-state index contributed by atoms with van der Waals surface area (Å²) in [6.07, 6.45) is 1.53. The van der Waals surface area contributed by atoms with Gasteiger partial charge in [-0.1, -0.05) is 28.1 Å². The summed E-state index contributed by atoms with van der Waals surface area (Å²) < 4.78 is 2.42. The van der Waals surface area contributed by atoms with Gasteiger partial charge in [0.2, 0.25) is 0 Å². The molecule has 5 heteroatoms. The van der Waals surface area contributed by atoms with Crippen molar-refractivity contribution in [2.24, 2.45) is 0 Å². The van der Waals surface area contributed by atoms with Gasteiger partial charge in [0.15, 0.2) is 0 Å². The number of hydrogen-bond acceptors (Lipinski definition) is 3. The van der Waals surface area contributed by atoms with Crippen molar-refractivity contribution in [1.29, 1.82) is 0 Å². The van der Waals surface area contributed by atoms with Crippen molar-refractivity contribution in [3.05, 3.63) is 69.2 Å². The molecule has 1 aromatic heterocycles. The minimum Gasteiger partial charge on any atom is -0.508 e. The number of nitrogens with zero attached hydrogens (tertiary/aromatic N) is 2. The second-order valence-corrected chi connectivity index (χ2v) is 5.42. The van der Waals surface area contributed by atoms with Crippen molar-refractivity contribution in [2.45, 2.75) is 6.54 Å². The molecule has 0 saturated heterocycles. The van der Waals surface area contributed by atoms with Gasteiger partial charge >= 0.3 is 0 Å². The van der Waals surface area contributed by atoms with E-state index in [2.05, 4.69) is 20.9 Å².